The Hall–Kier alpha value is -4.35. The number of carbonyl (C=O) groups excluding carboxylic acids is 2. The van der Waals surface area contributed by atoms with Crippen molar-refractivity contribution in [3.05, 3.63) is 82.7 Å². The first kappa shape index (κ1) is 21.5. The van der Waals surface area contributed by atoms with Crippen LogP contribution in [0.4, 0.5) is 17.1 Å². The fourth-order valence-electron chi connectivity index (χ4n) is 3.87. The molecular formula is C23H16N4O6S. The number of aryl methyl sites for hydroxylation is 1. The molecular weight excluding hydrogens is 460 g/mol. The molecule has 0 saturated heterocycles. The fraction of sp³-hybridized carbons (Fsp3) is 0.0435. The van der Waals surface area contributed by atoms with Crippen LogP contribution in [0.3, 0.4) is 0 Å². The highest BCUT2D eigenvalue weighted by Crippen LogP contribution is 2.40. The van der Waals surface area contributed by atoms with Gasteiger partial charge in [-0.15, -0.1) is 0 Å². The molecule has 0 atom stereocenters. The molecule has 5 rings (SSSR count). The van der Waals surface area contributed by atoms with E-state index in [1.807, 2.05) is 0 Å². The fourth-order valence-corrected chi connectivity index (χ4v) is 4.52. The molecule has 11 heteroatoms. The van der Waals surface area contributed by atoms with Crippen LogP contribution < -0.4 is 11.1 Å². The van der Waals surface area contributed by atoms with Gasteiger partial charge in [0.05, 0.1) is 22.5 Å². The van der Waals surface area contributed by atoms with Gasteiger partial charge in [-0.1, -0.05) is 29.4 Å². The van der Waals surface area contributed by atoms with E-state index in [0.717, 1.165) is 6.07 Å². The molecule has 0 fully saturated rings. The molecule has 0 unspecified atom stereocenters. The van der Waals surface area contributed by atoms with E-state index < -0.39 is 32.3 Å². The van der Waals surface area contributed by atoms with Crippen molar-refractivity contribution in [3.63, 3.8) is 0 Å². The third-order valence-electron chi connectivity index (χ3n) is 5.42. The molecule has 3 aromatic carbocycles. The van der Waals surface area contributed by atoms with Crippen molar-refractivity contribution in [1.82, 2.24) is 10.1 Å². The lowest BCUT2D eigenvalue weighted by atomic mass is 9.82. The molecule has 0 amide bonds. The van der Waals surface area contributed by atoms with Gasteiger partial charge in [0.1, 0.15) is 4.90 Å². The van der Waals surface area contributed by atoms with Gasteiger partial charge in [0.2, 0.25) is 0 Å². The van der Waals surface area contributed by atoms with Crippen LogP contribution in [0.5, 0.6) is 0 Å². The third-order valence-corrected chi connectivity index (χ3v) is 6.31. The smallest absolute Gasteiger partial charge is 0.296 e. The molecule has 0 bridgehead atoms. The van der Waals surface area contributed by atoms with Crippen LogP contribution in [0.1, 0.15) is 37.7 Å². The van der Waals surface area contributed by atoms with Crippen molar-refractivity contribution in [2.45, 2.75) is 11.8 Å². The number of nitrogens with one attached hydrogen (secondary N) is 1. The maximum atomic E-state index is 13.3. The first-order chi connectivity index (χ1) is 16.1. The predicted octanol–water partition coefficient (Wildman–Crippen LogP) is 3.39. The van der Waals surface area contributed by atoms with Crippen LogP contribution >= 0.6 is 0 Å². The number of ketones is 2. The van der Waals surface area contributed by atoms with Gasteiger partial charge in [-0.2, -0.15) is 13.4 Å². The molecule has 0 spiro atoms. The Kier molecular flexibility index (Phi) is 4.81. The Morgan fingerprint density at radius 2 is 1.59 bits per heavy atom. The van der Waals surface area contributed by atoms with Crippen LogP contribution in [0.2, 0.25) is 0 Å². The first-order valence-electron chi connectivity index (χ1n) is 9.95. The number of aromatic nitrogens is 2. The second-order valence-electron chi connectivity index (χ2n) is 7.61. The van der Waals surface area contributed by atoms with E-state index >= 15 is 0 Å². The summed E-state index contributed by atoms with van der Waals surface area (Å²) in [6.45, 7) is 1.69. The van der Waals surface area contributed by atoms with Crippen LogP contribution in [0.15, 0.2) is 64.0 Å². The van der Waals surface area contributed by atoms with Crippen LogP contribution in [0.25, 0.3) is 11.5 Å². The first-order valence-corrected chi connectivity index (χ1v) is 11.4. The summed E-state index contributed by atoms with van der Waals surface area (Å²) in [5.41, 5.74) is 6.53. The minimum absolute atomic E-state index is 0.00561. The zero-order valence-corrected chi connectivity index (χ0v) is 18.4. The highest BCUT2D eigenvalue weighted by Gasteiger charge is 2.36. The van der Waals surface area contributed by atoms with E-state index in [1.54, 1.807) is 43.3 Å². The molecule has 1 aromatic heterocycles. The average Bonchev–Trinajstić information content (AvgIpc) is 3.24. The van der Waals surface area contributed by atoms with E-state index in [9.17, 15) is 22.6 Å². The van der Waals surface area contributed by atoms with Crippen LogP contribution in [-0.4, -0.2) is 34.7 Å². The van der Waals surface area contributed by atoms with Gasteiger partial charge in [0, 0.05) is 22.4 Å². The summed E-state index contributed by atoms with van der Waals surface area (Å²) in [4.78, 5) is 30.0. The van der Waals surface area contributed by atoms with Crippen molar-refractivity contribution >= 4 is 38.7 Å². The van der Waals surface area contributed by atoms with Crippen LogP contribution in [-0.2, 0) is 10.1 Å². The van der Waals surface area contributed by atoms with Gasteiger partial charge < -0.3 is 15.6 Å². The highest BCUT2D eigenvalue weighted by molar-refractivity contribution is 7.86. The number of hydrogen-bond acceptors (Lipinski definition) is 9. The average molecular weight is 476 g/mol. The molecule has 1 heterocycles. The van der Waals surface area contributed by atoms with Gasteiger partial charge in [-0.3, -0.25) is 14.1 Å². The lowest BCUT2D eigenvalue weighted by Crippen LogP contribution is -2.25. The topological polar surface area (TPSA) is 165 Å². The Morgan fingerprint density at radius 3 is 2.15 bits per heavy atom. The van der Waals surface area contributed by atoms with E-state index in [0.29, 0.717) is 23.0 Å². The zero-order valence-electron chi connectivity index (χ0n) is 17.6. The molecule has 0 radical (unpaired) electrons. The summed E-state index contributed by atoms with van der Waals surface area (Å²) in [6, 6.07) is 13.9. The second kappa shape index (κ2) is 7.61. The maximum absolute atomic E-state index is 13.3. The Balaban J connectivity index is 1.65. The normalized spacial score (nSPS) is 12.9. The Labute approximate surface area is 193 Å². The van der Waals surface area contributed by atoms with Gasteiger partial charge >= 0.3 is 0 Å². The Bertz CT molecular complexity index is 1610. The second-order valence-corrected chi connectivity index (χ2v) is 9.00. The van der Waals surface area contributed by atoms with E-state index in [4.69, 9.17) is 10.3 Å². The number of rotatable bonds is 4. The van der Waals surface area contributed by atoms with Crippen molar-refractivity contribution < 1.29 is 27.1 Å². The molecule has 1 aliphatic rings. The summed E-state index contributed by atoms with van der Waals surface area (Å²) < 4.78 is 38.9. The SMILES string of the molecule is Cc1noc(-c2ccc(Nc3cc(S(=O)(=O)O)c(N)c4c3C(=O)c3ccccc3C4=O)cc2)n1. The van der Waals surface area contributed by atoms with Gasteiger partial charge in [-0.05, 0) is 37.3 Å². The quantitative estimate of drug-likeness (QED) is 0.258. The molecule has 1 aliphatic carbocycles. The standard InChI is InChI=1S/C23H16N4O6S/c1-11-25-23(33-27-11)12-6-8-13(9-7-12)26-16-10-17(34(30,31)32)20(24)19-18(16)21(28)14-4-2-3-5-15(14)22(19)29/h2-10,26H,24H2,1H3,(H,30,31,32). The van der Waals surface area contributed by atoms with Crippen molar-refractivity contribution in [2.75, 3.05) is 11.1 Å². The molecule has 34 heavy (non-hydrogen) atoms. The zero-order chi connectivity index (χ0) is 24.2. The number of anilines is 3. The van der Waals surface area contributed by atoms with Crippen LogP contribution in [0, 0.1) is 6.92 Å². The van der Waals surface area contributed by atoms with E-state index in [1.165, 1.54) is 12.1 Å². The third kappa shape index (κ3) is 3.43. The predicted molar refractivity (Wildman–Crippen MR) is 122 cm³/mol. The molecule has 4 N–H and O–H groups in total. The van der Waals surface area contributed by atoms with Crippen molar-refractivity contribution in [2.24, 2.45) is 0 Å². The molecule has 4 aromatic rings. The number of benzene rings is 3. The summed E-state index contributed by atoms with van der Waals surface area (Å²) >= 11 is 0. The lowest BCUT2D eigenvalue weighted by molar-refractivity contribution is 0.0980. The summed E-state index contributed by atoms with van der Waals surface area (Å²) in [5.74, 6) is -0.315. The number of nitrogens with zero attached hydrogens (tertiary/aromatic N) is 2. The molecule has 170 valence electrons. The van der Waals surface area contributed by atoms with Gasteiger partial charge in [0.15, 0.2) is 17.4 Å². The minimum Gasteiger partial charge on any atom is -0.397 e. The molecule has 0 aliphatic heterocycles. The number of nitrogens with two attached hydrogens (primary N) is 1. The Morgan fingerprint density at radius 1 is 0.971 bits per heavy atom. The maximum Gasteiger partial charge on any atom is 0.296 e. The number of hydrogen-bond donors (Lipinski definition) is 3. The van der Waals surface area contributed by atoms with Crippen molar-refractivity contribution in [1.29, 1.82) is 0 Å². The number of nitrogen functional groups attached to an aromatic ring is 1. The number of fused-ring (bicyclic) bond motifs is 2. The highest BCUT2D eigenvalue weighted by atomic mass is 32.2. The number of carbonyl (C=O) groups is 2. The van der Waals surface area contributed by atoms with Gasteiger partial charge in [-0.25, -0.2) is 0 Å². The summed E-state index contributed by atoms with van der Waals surface area (Å²) in [7, 11) is -4.80. The van der Waals surface area contributed by atoms with E-state index in [2.05, 4.69) is 15.5 Å². The lowest BCUT2D eigenvalue weighted by Gasteiger charge is -2.23. The molecule has 0 saturated carbocycles. The summed E-state index contributed by atoms with van der Waals surface area (Å²) in [6.07, 6.45) is 0. The minimum atomic E-state index is -4.80. The largest absolute Gasteiger partial charge is 0.397 e. The monoisotopic (exact) mass is 476 g/mol. The van der Waals surface area contributed by atoms with Crippen molar-refractivity contribution in [3.8, 4) is 11.5 Å². The molecule has 10 nitrogen and oxygen atoms in total. The van der Waals surface area contributed by atoms with E-state index in [-0.39, 0.29) is 27.9 Å². The van der Waals surface area contributed by atoms with Gasteiger partial charge in [0.25, 0.3) is 16.0 Å². The summed E-state index contributed by atoms with van der Waals surface area (Å²) in [5, 5.41) is 6.71.